The van der Waals surface area contributed by atoms with Crippen molar-refractivity contribution >= 4 is 18.3 Å². The van der Waals surface area contributed by atoms with E-state index in [2.05, 4.69) is 0 Å². The highest BCUT2D eigenvalue weighted by Gasteiger charge is 2.35. The van der Waals surface area contributed by atoms with Crippen LogP contribution < -0.4 is 0 Å². The van der Waals surface area contributed by atoms with Gasteiger partial charge in [-0.15, -0.1) is 0 Å². The summed E-state index contributed by atoms with van der Waals surface area (Å²) in [4.78, 5) is 32.0. The van der Waals surface area contributed by atoms with E-state index in [1.807, 2.05) is 0 Å². The molecule has 1 heterocycles. The quantitative estimate of drug-likeness (QED) is 0.533. The first-order valence-corrected chi connectivity index (χ1v) is 3.16. The first-order chi connectivity index (χ1) is 5.16. The lowest BCUT2D eigenvalue weighted by Crippen LogP contribution is -2.37. The molecule has 5 nitrogen and oxygen atoms in total. The number of hydrogen-bond acceptors (Lipinski definition) is 3. The Morgan fingerprint density at radius 3 is 2.73 bits per heavy atom. The number of imide groups is 1. The maximum Gasteiger partial charge on any atom is 0.326 e. The standard InChI is InChI=1S/C6H7NO4/c8-3-7-4(6(10)11)1-2-5(7)9/h3-4H,1-2H2,(H,10,11)/t4-/m0/s1. The summed E-state index contributed by atoms with van der Waals surface area (Å²) in [6.07, 6.45) is 0.650. The van der Waals surface area contributed by atoms with Crippen LogP contribution in [-0.2, 0) is 14.4 Å². The van der Waals surface area contributed by atoms with Crippen molar-refractivity contribution in [3.63, 3.8) is 0 Å². The molecule has 1 aliphatic rings. The lowest BCUT2D eigenvalue weighted by Gasteiger charge is -2.12. The molecule has 1 rings (SSSR count). The van der Waals surface area contributed by atoms with E-state index in [0.717, 1.165) is 4.90 Å². The molecule has 0 spiro atoms. The van der Waals surface area contributed by atoms with E-state index in [9.17, 15) is 14.4 Å². The number of carbonyl (C=O) groups excluding carboxylic acids is 2. The zero-order valence-corrected chi connectivity index (χ0v) is 5.69. The molecule has 1 aliphatic heterocycles. The third-order valence-corrected chi connectivity index (χ3v) is 1.65. The fourth-order valence-corrected chi connectivity index (χ4v) is 1.08. The summed E-state index contributed by atoms with van der Waals surface area (Å²) in [6, 6.07) is -0.944. The minimum atomic E-state index is -1.12. The fraction of sp³-hybridized carbons (Fsp3) is 0.500. The smallest absolute Gasteiger partial charge is 0.326 e. The van der Waals surface area contributed by atoms with E-state index in [-0.39, 0.29) is 19.3 Å². The topological polar surface area (TPSA) is 74.7 Å². The first-order valence-electron chi connectivity index (χ1n) is 3.16. The summed E-state index contributed by atoms with van der Waals surface area (Å²) in [6.45, 7) is 0. The van der Waals surface area contributed by atoms with E-state index in [1.165, 1.54) is 0 Å². The van der Waals surface area contributed by atoms with E-state index in [4.69, 9.17) is 5.11 Å². The second-order valence-electron chi connectivity index (χ2n) is 2.30. The van der Waals surface area contributed by atoms with Gasteiger partial charge in [0, 0.05) is 6.42 Å². The van der Waals surface area contributed by atoms with Gasteiger partial charge in [0.2, 0.25) is 12.3 Å². The van der Waals surface area contributed by atoms with Crippen molar-refractivity contribution < 1.29 is 19.5 Å². The van der Waals surface area contributed by atoms with E-state index in [0.29, 0.717) is 0 Å². The molecule has 0 aromatic carbocycles. The third-order valence-electron chi connectivity index (χ3n) is 1.65. The number of nitrogens with zero attached hydrogens (tertiary/aromatic N) is 1. The SMILES string of the molecule is O=CN1C(=O)CC[C@H]1C(=O)O. The third kappa shape index (κ3) is 1.21. The minimum Gasteiger partial charge on any atom is -0.480 e. The van der Waals surface area contributed by atoms with Crippen molar-refractivity contribution in [1.29, 1.82) is 0 Å². The Balaban J connectivity index is 2.76. The van der Waals surface area contributed by atoms with Crippen LogP contribution in [0.5, 0.6) is 0 Å². The normalized spacial score (nSPS) is 23.8. The van der Waals surface area contributed by atoms with Gasteiger partial charge in [-0.05, 0) is 6.42 Å². The maximum absolute atomic E-state index is 10.8. The molecule has 11 heavy (non-hydrogen) atoms. The highest BCUT2D eigenvalue weighted by atomic mass is 16.4. The van der Waals surface area contributed by atoms with Crippen LogP contribution in [0.4, 0.5) is 0 Å². The lowest BCUT2D eigenvalue weighted by atomic mass is 10.2. The van der Waals surface area contributed by atoms with E-state index < -0.39 is 17.9 Å². The molecule has 0 aromatic rings. The van der Waals surface area contributed by atoms with Crippen LogP contribution in [0, 0.1) is 0 Å². The molecule has 0 radical (unpaired) electrons. The Morgan fingerprint density at radius 1 is 1.73 bits per heavy atom. The molecular formula is C6H7NO4. The molecule has 2 amide bonds. The maximum atomic E-state index is 10.8. The average molecular weight is 157 g/mol. The molecule has 5 heteroatoms. The Hall–Kier alpha value is -1.39. The van der Waals surface area contributed by atoms with Crippen molar-refractivity contribution in [3.05, 3.63) is 0 Å². The monoisotopic (exact) mass is 157 g/mol. The molecule has 1 fully saturated rings. The largest absolute Gasteiger partial charge is 0.480 e. The second kappa shape index (κ2) is 2.69. The molecule has 1 atom stereocenters. The number of hydrogen-bond donors (Lipinski definition) is 1. The van der Waals surface area contributed by atoms with Crippen molar-refractivity contribution in [3.8, 4) is 0 Å². The summed E-state index contributed by atoms with van der Waals surface area (Å²) in [5.74, 6) is -1.53. The molecule has 0 bridgehead atoms. The number of carboxylic acids is 1. The average Bonchev–Trinajstić information content (AvgIpc) is 2.30. The molecule has 0 saturated carbocycles. The zero-order valence-electron chi connectivity index (χ0n) is 5.69. The molecule has 1 saturated heterocycles. The van der Waals surface area contributed by atoms with Gasteiger partial charge in [0.15, 0.2) is 0 Å². The summed E-state index contributed by atoms with van der Waals surface area (Å²) in [5, 5.41) is 8.48. The number of aliphatic carboxylic acids is 1. The summed E-state index contributed by atoms with van der Waals surface area (Å²) >= 11 is 0. The van der Waals surface area contributed by atoms with Gasteiger partial charge in [-0.25, -0.2) is 4.79 Å². The molecule has 60 valence electrons. The van der Waals surface area contributed by atoms with Gasteiger partial charge in [0.25, 0.3) is 0 Å². The number of carbonyl (C=O) groups is 3. The Kier molecular flexibility index (Phi) is 1.89. The van der Waals surface area contributed by atoms with E-state index in [1.54, 1.807) is 0 Å². The van der Waals surface area contributed by atoms with Crippen LogP contribution in [0.2, 0.25) is 0 Å². The summed E-state index contributed by atoms with van der Waals surface area (Å²) in [7, 11) is 0. The predicted octanol–water partition coefficient (Wildman–Crippen LogP) is -0.782. The summed E-state index contributed by atoms with van der Waals surface area (Å²) in [5.41, 5.74) is 0. The Morgan fingerprint density at radius 2 is 2.36 bits per heavy atom. The number of rotatable bonds is 2. The van der Waals surface area contributed by atoms with Gasteiger partial charge in [0.05, 0.1) is 0 Å². The summed E-state index contributed by atoms with van der Waals surface area (Å²) < 4.78 is 0. The molecule has 1 N–H and O–H groups in total. The van der Waals surface area contributed by atoms with Gasteiger partial charge in [0.1, 0.15) is 6.04 Å². The Labute approximate surface area is 62.6 Å². The first kappa shape index (κ1) is 7.71. The van der Waals surface area contributed by atoms with Crippen molar-refractivity contribution in [2.24, 2.45) is 0 Å². The second-order valence-corrected chi connectivity index (χ2v) is 2.30. The van der Waals surface area contributed by atoms with Gasteiger partial charge in [-0.2, -0.15) is 0 Å². The minimum absolute atomic E-state index is 0.149. The number of amides is 2. The zero-order chi connectivity index (χ0) is 8.43. The fourth-order valence-electron chi connectivity index (χ4n) is 1.08. The van der Waals surface area contributed by atoms with Crippen molar-refractivity contribution in [2.75, 3.05) is 0 Å². The van der Waals surface area contributed by atoms with Crippen LogP contribution in [0.15, 0.2) is 0 Å². The number of likely N-dealkylation sites (tertiary alicyclic amines) is 1. The molecular weight excluding hydrogens is 150 g/mol. The van der Waals surface area contributed by atoms with Gasteiger partial charge < -0.3 is 5.11 Å². The Bertz CT molecular complexity index is 213. The molecule has 0 aromatic heterocycles. The van der Waals surface area contributed by atoms with Crippen LogP contribution in [0.1, 0.15) is 12.8 Å². The highest BCUT2D eigenvalue weighted by molar-refractivity contribution is 5.94. The number of carboxylic acid groups (broad SMARTS) is 1. The van der Waals surface area contributed by atoms with Gasteiger partial charge >= 0.3 is 5.97 Å². The van der Waals surface area contributed by atoms with Crippen LogP contribution in [0.3, 0.4) is 0 Å². The molecule has 0 aliphatic carbocycles. The van der Waals surface area contributed by atoms with Crippen LogP contribution >= 0.6 is 0 Å². The van der Waals surface area contributed by atoms with Crippen LogP contribution in [-0.4, -0.2) is 34.3 Å². The van der Waals surface area contributed by atoms with Crippen molar-refractivity contribution in [2.45, 2.75) is 18.9 Å². The van der Waals surface area contributed by atoms with E-state index >= 15 is 0 Å². The highest BCUT2D eigenvalue weighted by Crippen LogP contribution is 2.16. The van der Waals surface area contributed by atoms with Gasteiger partial charge in [-0.3, -0.25) is 14.5 Å². The molecule has 0 unspecified atom stereocenters. The van der Waals surface area contributed by atoms with Gasteiger partial charge in [-0.1, -0.05) is 0 Å². The predicted molar refractivity (Wildman–Crippen MR) is 33.6 cm³/mol. The van der Waals surface area contributed by atoms with Crippen LogP contribution in [0.25, 0.3) is 0 Å². The van der Waals surface area contributed by atoms with Crippen molar-refractivity contribution in [1.82, 2.24) is 4.90 Å². The lowest BCUT2D eigenvalue weighted by molar-refractivity contribution is -0.149.